The molecule has 0 aromatic carbocycles. The van der Waals surface area contributed by atoms with Crippen LogP contribution in [-0.2, 0) is 6.54 Å². The summed E-state index contributed by atoms with van der Waals surface area (Å²) < 4.78 is 15.9. The van der Waals surface area contributed by atoms with Gasteiger partial charge in [-0.1, -0.05) is 6.92 Å². The molecule has 0 aliphatic rings. The molecule has 1 atom stereocenters. The maximum absolute atomic E-state index is 14.1. The largest absolute Gasteiger partial charge is 0.387 e. The summed E-state index contributed by atoms with van der Waals surface area (Å²) in [5, 5.41) is 22.0. The second-order valence-electron chi connectivity index (χ2n) is 9.77. The molecule has 3 amide bonds. The first-order chi connectivity index (χ1) is 17.5. The van der Waals surface area contributed by atoms with Crippen LogP contribution in [0.5, 0.6) is 0 Å². The van der Waals surface area contributed by atoms with Crippen molar-refractivity contribution in [3.8, 4) is 5.82 Å². The third kappa shape index (κ3) is 7.39. The molecule has 0 fully saturated rings. The van der Waals surface area contributed by atoms with E-state index in [0.717, 1.165) is 17.4 Å². The number of anilines is 1. The number of hydrogen-bond donors (Lipinski definition) is 5. The van der Waals surface area contributed by atoms with Gasteiger partial charge >= 0.3 is 6.03 Å². The summed E-state index contributed by atoms with van der Waals surface area (Å²) in [7, 11) is 0. The highest BCUT2D eigenvalue weighted by Crippen LogP contribution is 2.24. The number of aromatic nitrogens is 3. The van der Waals surface area contributed by atoms with Gasteiger partial charge in [0.1, 0.15) is 17.6 Å². The fourth-order valence-electron chi connectivity index (χ4n) is 3.55. The van der Waals surface area contributed by atoms with Crippen LogP contribution in [-0.4, -0.2) is 62.5 Å². The molecule has 0 aliphatic heterocycles. The lowest BCUT2D eigenvalue weighted by Gasteiger charge is -2.23. The van der Waals surface area contributed by atoms with Gasteiger partial charge in [-0.3, -0.25) is 9.36 Å². The van der Waals surface area contributed by atoms with Gasteiger partial charge < -0.3 is 26.4 Å². The number of amides is 3. The normalized spacial score (nSPS) is 12.4. The SMILES string of the molecule is CCCNC(=O)NCc1cnc2c(ccn2-c2cc(NC(C)C)c(C(=O)NCC(F)C(C)(C)O)cn2)c1. The van der Waals surface area contributed by atoms with Crippen molar-refractivity contribution in [2.75, 3.05) is 18.4 Å². The van der Waals surface area contributed by atoms with Gasteiger partial charge in [-0.15, -0.1) is 0 Å². The van der Waals surface area contributed by atoms with E-state index in [1.807, 2.05) is 39.1 Å². The van der Waals surface area contributed by atoms with Gasteiger partial charge in [0.25, 0.3) is 5.91 Å². The smallest absolute Gasteiger partial charge is 0.315 e. The quantitative estimate of drug-likeness (QED) is 0.267. The van der Waals surface area contributed by atoms with Gasteiger partial charge in [0.2, 0.25) is 0 Å². The number of hydrogen-bond acceptors (Lipinski definition) is 6. The first-order valence-corrected chi connectivity index (χ1v) is 12.4. The molecule has 5 N–H and O–H groups in total. The first kappa shape index (κ1) is 27.9. The van der Waals surface area contributed by atoms with E-state index >= 15 is 0 Å². The number of halogens is 1. The molecule has 0 spiro atoms. The Labute approximate surface area is 216 Å². The molecule has 3 rings (SSSR count). The predicted molar refractivity (Wildman–Crippen MR) is 142 cm³/mol. The Kier molecular flexibility index (Phi) is 9.04. The third-order valence-electron chi connectivity index (χ3n) is 5.61. The van der Waals surface area contributed by atoms with Crippen molar-refractivity contribution in [1.29, 1.82) is 0 Å². The van der Waals surface area contributed by atoms with Crippen LogP contribution in [0, 0.1) is 0 Å². The minimum absolute atomic E-state index is 0.0243. The Morgan fingerprint density at radius 1 is 1.14 bits per heavy atom. The number of alkyl halides is 1. The number of carbonyl (C=O) groups excluding carboxylic acids is 2. The lowest BCUT2D eigenvalue weighted by molar-refractivity contribution is -0.00177. The van der Waals surface area contributed by atoms with Gasteiger partial charge in [0, 0.05) is 49.2 Å². The van der Waals surface area contributed by atoms with Crippen molar-refractivity contribution < 1.29 is 19.1 Å². The zero-order valence-electron chi connectivity index (χ0n) is 21.9. The van der Waals surface area contributed by atoms with Gasteiger partial charge in [0.15, 0.2) is 0 Å². The minimum atomic E-state index is -1.62. The molecule has 200 valence electrons. The molecule has 37 heavy (non-hydrogen) atoms. The predicted octanol–water partition coefficient (Wildman–Crippen LogP) is 3.29. The summed E-state index contributed by atoms with van der Waals surface area (Å²) >= 11 is 0. The van der Waals surface area contributed by atoms with Crippen molar-refractivity contribution in [3.63, 3.8) is 0 Å². The highest BCUT2D eigenvalue weighted by atomic mass is 19.1. The van der Waals surface area contributed by atoms with E-state index in [0.29, 0.717) is 30.2 Å². The Hall–Kier alpha value is -3.73. The number of carbonyl (C=O) groups is 2. The van der Waals surface area contributed by atoms with Crippen molar-refractivity contribution in [2.24, 2.45) is 0 Å². The van der Waals surface area contributed by atoms with E-state index < -0.39 is 17.7 Å². The van der Waals surface area contributed by atoms with Crippen LogP contribution in [0.3, 0.4) is 0 Å². The lowest BCUT2D eigenvalue weighted by atomic mass is 10.0. The van der Waals surface area contributed by atoms with E-state index in [1.165, 1.54) is 20.0 Å². The summed E-state index contributed by atoms with van der Waals surface area (Å²) in [5.41, 5.74) is 0.770. The second kappa shape index (κ2) is 12.0. The van der Waals surface area contributed by atoms with Crippen LogP contribution in [0.15, 0.2) is 36.8 Å². The molecule has 10 nitrogen and oxygen atoms in total. The number of rotatable bonds is 11. The molecule has 0 radical (unpaired) electrons. The van der Waals surface area contributed by atoms with E-state index in [1.54, 1.807) is 16.8 Å². The maximum atomic E-state index is 14.1. The van der Waals surface area contributed by atoms with Crippen LogP contribution in [0.2, 0.25) is 0 Å². The van der Waals surface area contributed by atoms with E-state index in [-0.39, 0.29) is 24.2 Å². The molecule has 0 bridgehead atoms. The average Bonchev–Trinajstić information content (AvgIpc) is 3.26. The van der Waals surface area contributed by atoms with Gasteiger partial charge in [0.05, 0.1) is 23.4 Å². The Bertz CT molecular complexity index is 1240. The molecular formula is C26H36FN7O3. The van der Waals surface area contributed by atoms with Gasteiger partial charge in [-0.2, -0.15) is 0 Å². The zero-order chi connectivity index (χ0) is 27.2. The van der Waals surface area contributed by atoms with Gasteiger partial charge in [-0.05, 0) is 51.8 Å². The molecule has 1 unspecified atom stereocenters. The van der Waals surface area contributed by atoms with E-state index in [4.69, 9.17) is 0 Å². The molecule has 3 heterocycles. The second-order valence-corrected chi connectivity index (χ2v) is 9.77. The summed E-state index contributed by atoms with van der Waals surface area (Å²) in [6.07, 6.45) is 4.22. The average molecular weight is 514 g/mol. The number of pyridine rings is 2. The molecule has 3 aromatic heterocycles. The number of fused-ring (bicyclic) bond motifs is 1. The van der Waals surface area contributed by atoms with E-state index in [9.17, 15) is 19.1 Å². The number of aliphatic hydroxyl groups is 1. The molecule has 3 aromatic rings. The fourth-order valence-corrected chi connectivity index (χ4v) is 3.55. The summed E-state index contributed by atoms with van der Waals surface area (Å²) in [6, 6.07) is 5.39. The van der Waals surface area contributed by atoms with Crippen molar-refractivity contribution in [3.05, 3.63) is 47.9 Å². The van der Waals surface area contributed by atoms with E-state index in [2.05, 4.69) is 31.2 Å². The first-order valence-electron chi connectivity index (χ1n) is 12.4. The molecular weight excluding hydrogens is 477 g/mol. The summed E-state index contributed by atoms with van der Waals surface area (Å²) in [4.78, 5) is 33.6. The summed E-state index contributed by atoms with van der Waals surface area (Å²) in [6.45, 7) is 9.22. The molecule has 0 saturated heterocycles. The van der Waals surface area contributed by atoms with Gasteiger partial charge in [-0.25, -0.2) is 19.2 Å². The van der Waals surface area contributed by atoms with Crippen LogP contribution < -0.4 is 21.3 Å². The standard InChI is InChI=1S/C26H36FN7O3/c1-6-8-28-25(36)32-13-17-10-18-7-9-34(23(18)30-12-17)22-11-20(33-16(2)3)19(14-29-22)24(35)31-15-21(27)26(4,5)37/h7,9-12,14,16,21,37H,6,8,13,15H2,1-5H3,(H,29,33)(H,31,35)(H2,28,32,36). The number of nitrogens with zero attached hydrogens (tertiary/aromatic N) is 3. The highest BCUT2D eigenvalue weighted by Gasteiger charge is 2.27. The maximum Gasteiger partial charge on any atom is 0.315 e. The molecule has 0 saturated carbocycles. The van der Waals surface area contributed by atoms with Crippen LogP contribution in [0.25, 0.3) is 16.9 Å². The molecule has 11 heteroatoms. The van der Waals surface area contributed by atoms with Crippen molar-refractivity contribution in [1.82, 2.24) is 30.5 Å². The fraction of sp³-hybridized carbons (Fsp3) is 0.462. The Balaban J connectivity index is 1.82. The highest BCUT2D eigenvalue weighted by molar-refractivity contribution is 5.99. The number of nitrogens with one attached hydrogen (secondary N) is 4. The van der Waals surface area contributed by atoms with Crippen molar-refractivity contribution >= 4 is 28.7 Å². The van der Waals surface area contributed by atoms with Crippen LogP contribution >= 0.6 is 0 Å². The topological polar surface area (TPSA) is 133 Å². The number of urea groups is 1. The van der Waals surface area contributed by atoms with Crippen LogP contribution in [0.4, 0.5) is 14.9 Å². The third-order valence-corrected chi connectivity index (χ3v) is 5.61. The lowest BCUT2D eigenvalue weighted by Crippen LogP contribution is -2.42. The summed E-state index contributed by atoms with van der Waals surface area (Å²) in [5.74, 6) is 0.0524. The minimum Gasteiger partial charge on any atom is -0.387 e. The van der Waals surface area contributed by atoms with Crippen LogP contribution in [0.1, 0.15) is 57.0 Å². The Morgan fingerprint density at radius 3 is 2.57 bits per heavy atom. The molecule has 0 aliphatic carbocycles. The monoisotopic (exact) mass is 513 g/mol. The zero-order valence-corrected chi connectivity index (χ0v) is 21.9. The van der Waals surface area contributed by atoms with Crippen molar-refractivity contribution in [2.45, 2.75) is 65.4 Å². The Morgan fingerprint density at radius 2 is 1.89 bits per heavy atom.